The lowest BCUT2D eigenvalue weighted by atomic mass is 10.0. The van der Waals surface area contributed by atoms with E-state index < -0.39 is 29.1 Å². The maximum Gasteiger partial charge on any atom is 0.257 e. The molecule has 0 spiro atoms. The van der Waals surface area contributed by atoms with Gasteiger partial charge >= 0.3 is 0 Å². The van der Waals surface area contributed by atoms with Crippen molar-refractivity contribution >= 4 is 11.8 Å². The van der Waals surface area contributed by atoms with Crippen LogP contribution in [-0.2, 0) is 11.3 Å². The fourth-order valence-corrected chi connectivity index (χ4v) is 2.80. The Balaban J connectivity index is 2.17. The predicted molar refractivity (Wildman–Crippen MR) is 100 cm³/mol. The molecule has 0 unspecified atom stereocenters. The predicted octanol–water partition coefficient (Wildman–Crippen LogP) is 3.69. The molecule has 0 aliphatic heterocycles. The van der Waals surface area contributed by atoms with Gasteiger partial charge in [0.1, 0.15) is 23.2 Å². The molecule has 0 aliphatic carbocycles. The van der Waals surface area contributed by atoms with Crippen molar-refractivity contribution in [3.63, 3.8) is 0 Å². The minimum absolute atomic E-state index is 0.254. The van der Waals surface area contributed by atoms with Crippen LogP contribution in [-0.4, -0.2) is 29.8 Å². The average molecular weight is 374 g/mol. The molecule has 0 heterocycles. The molecule has 0 fully saturated rings. The Hall–Kier alpha value is -2.76. The summed E-state index contributed by atoms with van der Waals surface area (Å²) < 4.78 is 27.7. The van der Waals surface area contributed by atoms with Gasteiger partial charge in [0.15, 0.2) is 0 Å². The number of hydrogen-bond donors (Lipinski definition) is 1. The number of halogens is 2. The van der Waals surface area contributed by atoms with E-state index in [1.807, 2.05) is 31.2 Å². The number of carbonyl (C=O) groups is 2. The summed E-state index contributed by atoms with van der Waals surface area (Å²) in [6.45, 7) is 5.86. The monoisotopic (exact) mass is 374 g/mol. The largest absolute Gasteiger partial charge is 0.340 e. The molecule has 144 valence electrons. The summed E-state index contributed by atoms with van der Waals surface area (Å²) in [5.74, 6) is -3.44. The van der Waals surface area contributed by atoms with Crippen LogP contribution in [0.25, 0.3) is 0 Å². The molecular weight excluding hydrogens is 350 g/mol. The average Bonchev–Trinajstić information content (AvgIpc) is 2.60. The van der Waals surface area contributed by atoms with E-state index >= 15 is 0 Å². The van der Waals surface area contributed by atoms with E-state index in [1.165, 1.54) is 11.0 Å². The second-order valence-corrected chi connectivity index (χ2v) is 6.91. The lowest BCUT2D eigenvalue weighted by Gasteiger charge is -2.27. The van der Waals surface area contributed by atoms with E-state index in [1.54, 1.807) is 20.9 Å². The highest BCUT2D eigenvalue weighted by molar-refractivity contribution is 5.98. The first-order chi connectivity index (χ1) is 12.7. The Labute approximate surface area is 158 Å². The van der Waals surface area contributed by atoms with Crippen LogP contribution in [0.5, 0.6) is 0 Å². The van der Waals surface area contributed by atoms with Gasteiger partial charge in [-0.05, 0) is 36.1 Å². The molecule has 2 aromatic carbocycles. The molecule has 4 nitrogen and oxygen atoms in total. The second kappa shape index (κ2) is 8.75. The summed E-state index contributed by atoms with van der Waals surface area (Å²) in [5.41, 5.74) is 1.36. The number of likely N-dealkylation sites (N-methyl/N-ethyl adjacent to an activating group) is 1. The normalized spacial score (nSPS) is 12.0. The number of rotatable bonds is 6. The molecule has 1 atom stereocenters. The smallest absolute Gasteiger partial charge is 0.257 e. The molecule has 2 amide bonds. The number of nitrogens with one attached hydrogen (secondary N) is 1. The lowest BCUT2D eigenvalue weighted by molar-refractivity contribution is -0.133. The van der Waals surface area contributed by atoms with Crippen LogP contribution in [0.4, 0.5) is 8.78 Å². The number of carbonyl (C=O) groups excluding carboxylic acids is 2. The Morgan fingerprint density at radius 2 is 1.63 bits per heavy atom. The maximum atomic E-state index is 13.8. The fourth-order valence-electron chi connectivity index (χ4n) is 2.80. The lowest BCUT2D eigenvalue weighted by Crippen LogP contribution is -2.50. The van der Waals surface area contributed by atoms with Crippen molar-refractivity contribution < 1.29 is 18.4 Å². The third-order valence-electron chi connectivity index (χ3n) is 4.45. The number of aryl methyl sites for hydroxylation is 1. The fraction of sp³-hybridized carbons (Fsp3) is 0.333. The van der Waals surface area contributed by atoms with Crippen LogP contribution in [0, 0.1) is 24.5 Å². The Morgan fingerprint density at radius 3 is 2.19 bits per heavy atom. The van der Waals surface area contributed by atoms with Gasteiger partial charge in [0.05, 0.1) is 0 Å². The highest BCUT2D eigenvalue weighted by Crippen LogP contribution is 2.15. The highest BCUT2D eigenvalue weighted by atomic mass is 19.1. The molecule has 27 heavy (non-hydrogen) atoms. The van der Waals surface area contributed by atoms with Gasteiger partial charge in [-0.15, -0.1) is 0 Å². The van der Waals surface area contributed by atoms with Crippen molar-refractivity contribution in [3.05, 3.63) is 70.8 Å². The molecule has 2 rings (SSSR count). The van der Waals surface area contributed by atoms with E-state index in [0.717, 1.165) is 23.3 Å². The van der Waals surface area contributed by atoms with E-state index in [0.29, 0.717) is 6.54 Å². The zero-order valence-electron chi connectivity index (χ0n) is 15.9. The van der Waals surface area contributed by atoms with Crippen molar-refractivity contribution in [3.8, 4) is 0 Å². The van der Waals surface area contributed by atoms with Gasteiger partial charge in [-0.1, -0.05) is 44.2 Å². The zero-order chi connectivity index (χ0) is 20.1. The van der Waals surface area contributed by atoms with Crippen molar-refractivity contribution in [1.29, 1.82) is 0 Å². The summed E-state index contributed by atoms with van der Waals surface area (Å²) in [6.07, 6.45) is 0. The Kier molecular flexibility index (Phi) is 6.66. The molecule has 0 saturated carbocycles. The Bertz CT molecular complexity index is 816. The van der Waals surface area contributed by atoms with Crippen LogP contribution in [0.3, 0.4) is 0 Å². The third kappa shape index (κ3) is 4.90. The van der Waals surface area contributed by atoms with Gasteiger partial charge in [-0.3, -0.25) is 9.59 Å². The first-order valence-corrected chi connectivity index (χ1v) is 8.76. The van der Waals surface area contributed by atoms with E-state index in [9.17, 15) is 18.4 Å². The molecule has 6 heteroatoms. The van der Waals surface area contributed by atoms with Crippen LogP contribution in [0.15, 0.2) is 42.5 Å². The topological polar surface area (TPSA) is 49.4 Å². The van der Waals surface area contributed by atoms with Crippen molar-refractivity contribution in [2.24, 2.45) is 5.92 Å². The third-order valence-corrected chi connectivity index (χ3v) is 4.45. The molecule has 0 radical (unpaired) electrons. The summed E-state index contributed by atoms with van der Waals surface area (Å²) in [7, 11) is 1.64. The van der Waals surface area contributed by atoms with E-state index in [4.69, 9.17) is 0 Å². The Morgan fingerprint density at radius 1 is 1.04 bits per heavy atom. The van der Waals surface area contributed by atoms with Gasteiger partial charge < -0.3 is 10.2 Å². The first-order valence-electron chi connectivity index (χ1n) is 8.76. The first kappa shape index (κ1) is 20.6. The molecule has 0 saturated heterocycles. The molecule has 2 aromatic rings. The summed E-state index contributed by atoms with van der Waals surface area (Å²) in [5, 5.41) is 2.49. The van der Waals surface area contributed by atoms with Gasteiger partial charge in [0, 0.05) is 13.6 Å². The quantitative estimate of drug-likeness (QED) is 0.838. The number of nitrogens with zero attached hydrogens (tertiary/aromatic N) is 1. The standard InChI is InChI=1S/C21H24F2N2O2/c1-13(2)19(24-20(26)18-16(22)10-7-11-17(18)23)21(27)25(4)12-15-9-6-5-8-14(15)3/h5-11,13,19H,12H2,1-4H3,(H,24,26)/t19-/m0/s1. The molecular formula is C21H24F2N2O2. The van der Waals surface area contributed by atoms with Crippen molar-refractivity contribution in [2.75, 3.05) is 7.05 Å². The summed E-state index contributed by atoms with van der Waals surface area (Å²) >= 11 is 0. The summed E-state index contributed by atoms with van der Waals surface area (Å²) in [4.78, 5) is 26.7. The minimum Gasteiger partial charge on any atom is -0.340 e. The number of hydrogen-bond acceptors (Lipinski definition) is 2. The van der Waals surface area contributed by atoms with Gasteiger partial charge in [0.2, 0.25) is 5.91 Å². The van der Waals surface area contributed by atoms with Crippen molar-refractivity contribution in [1.82, 2.24) is 10.2 Å². The minimum atomic E-state index is -0.962. The molecule has 0 aliphatic rings. The van der Waals surface area contributed by atoms with Crippen molar-refractivity contribution in [2.45, 2.75) is 33.4 Å². The second-order valence-electron chi connectivity index (χ2n) is 6.91. The van der Waals surface area contributed by atoms with Gasteiger partial charge in [-0.25, -0.2) is 8.78 Å². The van der Waals surface area contributed by atoms with Crippen LogP contribution in [0.2, 0.25) is 0 Å². The molecule has 0 aromatic heterocycles. The van der Waals surface area contributed by atoms with Gasteiger partial charge in [-0.2, -0.15) is 0 Å². The van der Waals surface area contributed by atoms with E-state index in [-0.39, 0.29) is 11.8 Å². The van der Waals surface area contributed by atoms with E-state index in [2.05, 4.69) is 5.32 Å². The number of amides is 2. The maximum absolute atomic E-state index is 13.8. The molecule has 1 N–H and O–H groups in total. The van der Waals surface area contributed by atoms with Crippen LogP contribution < -0.4 is 5.32 Å². The SMILES string of the molecule is Cc1ccccc1CN(C)C(=O)[C@@H](NC(=O)c1c(F)cccc1F)C(C)C. The van der Waals surface area contributed by atoms with Gasteiger partial charge in [0.25, 0.3) is 5.91 Å². The molecule has 0 bridgehead atoms. The zero-order valence-corrected chi connectivity index (χ0v) is 15.9. The highest BCUT2D eigenvalue weighted by Gasteiger charge is 2.29. The van der Waals surface area contributed by atoms with Crippen LogP contribution in [0.1, 0.15) is 35.3 Å². The number of benzene rings is 2. The van der Waals surface area contributed by atoms with Crippen LogP contribution >= 0.6 is 0 Å². The summed E-state index contributed by atoms with van der Waals surface area (Å²) in [6, 6.07) is 9.99.